The lowest BCUT2D eigenvalue weighted by atomic mass is 9.99. The molecule has 2 aromatic heterocycles. The first-order valence-electron chi connectivity index (χ1n) is 10.3. The standard InChI is InChI=1S/C22H29N5O2S2/c1-6-15(2)17(23-20(28)29-22(3,4)5)18-24-25-19-27(18)26-21(31-19)30-14-10-13-16-11-8-7-9-12-16/h7-13,15,17H,6,14H2,1-5H3,(H,23,28). The summed E-state index contributed by atoms with van der Waals surface area (Å²) in [7, 11) is 0. The number of nitrogens with zero attached hydrogens (tertiary/aromatic N) is 4. The molecule has 1 aromatic carbocycles. The molecular weight excluding hydrogens is 430 g/mol. The van der Waals surface area contributed by atoms with Gasteiger partial charge in [0.05, 0.1) is 6.04 Å². The average molecular weight is 460 g/mol. The molecule has 31 heavy (non-hydrogen) atoms. The minimum absolute atomic E-state index is 0.145. The normalized spacial score (nSPS) is 14.1. The lowest BCUT2D eigenvalue weighted by Gasteiger charge is -2.25. The first-order valence-corrected chi connectivity index (χ1v) is 12.1. The van der Waals surface area contributed by atoms with E-state index in [4.69, 9.17) is 4.74 Å². The highest BCUT2D eigenvalue weighted by Gasteiger charge is 2.29. The second-order valence-corrected chi connectivity index (χ2v) is 10.5. The van der Waals surface area contributed by atoms with Gasteiger partial charge in [0.25, 0.3) is 0 Å². The first kappa shape index (κ1) is 23.3. The van der Waals surface area contributed by atoms with E-state index in [0.29, 0.717) is 10.8 Å². The van der Waals surface area contributed by atoms with Crippen molar-refractivity contribution in [2.24, 2.45) is 5.92 Å². The minimum Gasteiger partial charge on any atom is -0.444 e. The third-order valence-electron chi connectivity index (χ3n) is 4.57. The lowest BCUT2D eigenvalue weighted by Crippen LogP contribution is -2.38. The van der Waals surface area contributed by atoms with Gasteiger partial charge in [0.1, 0.15) is 5.60 Å². The number of ether oxygens (including phenoxy) is 1. The van der Waals surface area contributed by atoms with Crippen molar-refractivity contribution in [2.75, 3.05) is 5.75 Å². The number of amides is 1. The van der Waals surface area contributed by atoms with Crippen LogP contribution in [0.25, 0.3) is 11.0 Å². The summed E-state index contributed by atoms with van der Waals surface area (Å²) in [5, 5.41) is 16.2. The number of carbonyl (C=O) groups is 1. The van der Waals surface area contributed by atoms with Gasteiger partial charge in [0, 0.05) is 5.75 Å². The summed E-state index contributed by atoms with van der Waals surface area (Å²) >= 11 is 3.14. The molecule has 0 saturated carbocycles. The molecule has 0 saturated heterocycles. The number of benzene rings is 1. The fourth-order valence-corrected chi connectivity index (χ4v) is 4.59. The highest BCUT2D eigenvalue weighted by molar-refractivity contribution is 8.01. The Hall–Kier alpha value is -2.39. The second-order valence-electron chi connectivity index (χ2n) is 8.25. The Balaban J connectivity index is 1.72. The van der Waals surface area contributed by atoms with E-state index in [0.717, 1.165) is 16.5 Å². The van der Waals surface area contributed by atoms with E-state index in [-0.39, 0.29) is 12.0 Å². The molecule has 1 N–H and O–H groups in total. The SMILES string of the molecule is CCC(C)C(NC(=O)OC(C)(C)C)c1nnc2sc(SCC=Cc3ccccc3)nn12. The van der Waals surface area contributed by atoms with Crippen molar-refractivity contribution in [3.8, 4) is 0 Å². The average Bonchev–Trinajstić information content (AvgIpc) is 3.29. The van der Waals surface area contributed by atoms with Crippen LogP contribution in [0.2, 0.25) is 0 Å². The van der Waals surface area contributed by atoms with E-state index in [1.54, 1.807) is 16.3 Å². The van der Waals surface area contributed by atoms with E-state index < -0.39 is 11.7 Å². The van der Waals surface area contributed by atoms with E-state index in [2.05, 4.69) is 58.7 Å². The van der Waals surface area contributed by atoms with Crippen molar-refractivity contribution in [1.82, 2.24) is 25.1 Å². The van der Waals surface area contributed by atoms with E-state index in [9.17, 15) is 4.79 Å². The maximum atomic E-state index is 12.4. The number of fused-ring (bicyclic) bond motifs is 1. The Kier molecular flexibility index (Phi) is 7.72. The highest BCUT2D eigenvalue weighted by Crippen LogP contribution is 2.29. The van der Waals surface area contributed by atoms with Gasteiger partial charge in [0.2, 0.25) is 4.96 Å². The minimum atomic E-state index is -0.568. The van der Waals surface area contributed by atoms with Crippen molar-refractivity contribution < 1.29 is 9.53 Å². The van der Waals surface area contributed by atoms with E-state index in [1.807, 2.05) is 39.0 Å². The zero-order chi connectivity index (χ0) is 22.4. The monoisotopic (exact) mass is 459 g/mol. The van der Waals surface area contributed by atoms with Gasteiger partial charge in [-0.15, -0.1) is 15.3 Å². The molecule has 0 fully saturated rings. The summed E-state index contributed by atoms with van der Waals surface area (Å²) in [6.45, 7) is 9.68. The Labute approximate surface area is 191 Å². The Morgan fingerprint density at radius 1 is 1.29 bits per heavy atom. The van der Waals surface area contributed by atoms with Crippen LogP contribution < -0.4 is 5.32 Å². The van der Waals surface area contributed by atoms with Gasteiger partial charge in [-0.3, -0.25) is 0 Å². The van der Waals surface area contributed by atoms with Crippen molar-refractivity contribution in [2.45, 2.75) is 57.0 Å². The van der Waals surface area contributed by atoms with Gasteiger partial charge in [-0.1, -0.05) is 85.9 Å². The number of carbonyl (C=O) groups excluding carboxylic acids is 1. The fourth-order valence-electron chi connectivity index (χ4n) is 2.87. The van der Waals surface area contributed by atoms with Crippen LogP contribution in [0.5, 0.6) is 0 Å². The number of thioether (sulfide) groups is 1. The number of rotatable bonds is 8. The fraction of sp³-hybridized carbons (Fsp3) is 0.455. The third kappa shape index (κ3) is 6.54. The molecule has 3 aromatic rings. The molecule has 166 valence electrons. The van der Waals surface area contributed by atoms with Crippen molar-refractivity contribution in [3.63, 3.8) is 0 Å². The summed E-state index contributed by atoms with van der Waals surface area (Å²) in [4.78, 5) is 13.1. The van der Waals surface area contributed by atoms with Gasteiger partial charge >= 0.3 is 6.09 Å². The van der Waals surface area contributed by atoms with Crippen LogP contribution in [0, 0.1) is 5.92 Å². The predicted octanol–water partition coefficient (Wildman–Crippen LogP) is 5.60. The Morgan fingerprint density at radius 2 is 2.03 bits per heavy atom. The van der Waals surface area contributed by atoms with Gasteiger partial charge < -0.3 is 10.1 Å². The second kappa shape index (κ2) is 10.3. The molecule has 2 atom stereocenters. The van der Waals surface area contributed by atoms with E-state index >= 15 is 0 Å². The maximum Gasteiger partial charge on any atom is 0.408 e. The van der Waals surface area contributed by atoms with Crippen LogP contribution in [-0.2, 0) is 4.74 Å². The van der Waals surface area contributed by atoms with Crippen LogP contribution in [0.15, 0.2) is 40.7 Å². The Morgan fingerprint density at radius 3 is 2.71 bits per heavy atom. The van der Waals surface area contributed by atoms with Crippen molar-refractivity contribution in [3.05, 3.63) is 47.8 Å². The van der Waals surface area contributed by atoms with Gasteiger partial charge in [-0.05, 0) is 32.3 Å². The van der Waals surface area contributed by atoms with Crippen molar-refractivity contribution in [1.29, 1.82) is 0 Å². The molecule has 7 nitrogen and oxygen atoms in total. The molecule has 9 heteroatoms. The molecule has 0 aliphatic carbocycles. The van der Waals surface area contributed by atoms with Crippen LogP contribution >= 0.6 is 23.1 Å². The summed E-state index contributed by atoms with van der Waals surface area (Å²) in [6, 6.07) is 9.86. The molecule has 0 radical (unpaired) electrons. The number of hydrogen-bond acceptors (Lipinski definition) is 7. The summed E-state index contributed by atoms with van der Waals surface area (Å²) in [6.07, 6.45) is 4.62. The first-order chi connectivity index (χ1) is 14.8. The van der Waals surface area contributed by atoms with Crippen molar-refractivity contribution >= 4 is 40.2 Å². The lowest BCUT2D eigenvalue weighted by molar-refractivity contribution is 0.0482. The number of nitrogens with one attached hydrogen (secondary N) is 1. The summed E-state index contributed by atoms with van der Waals surface area (Å²) in [5.41, 5.74) is 0.607. The number of aromatic nitrogens is 4. The molecule has 2 unspecified atom stereocenters. The van der Waals surface area contributed by atoms with Gasteiger partial charge in [-0.25, -0.2) is 4.79 Å². The largest absolute Gasteiger partial charge is 0.444 e. The van der Waals surface area contributed by atoms with Crippen LogP contribution in [0.4, 0.5) is 4.79 Å². The zero-order valence-electron chi connectivity index (χ0n) is 18.5. The summed E-state index contributed by atoms with van der Waals surface area (Å²) in [5.74, 6) is 1.57. The Bertz CT molecular complexity index is 1020. The molecule has 0 aliphatic heterocycles. The molecule has 1 amide bonds. The van der Waals surface area contributed by atoms with E-state index in [1.165, 1.54) is 16.9 Å². The van der Waals surface area contributed by atoms with Gasteiger partial charge in [-0.2, -0.15) is 4.52 Å². The van der Waals surface area contributed by atoms with Crippen LogP contribution in [0.3, 0.4) is 0 Å². The maximum absolute atomic E-state index is 12.4. The topological polar surface area (TPSA) is 81.4 Å². The number of hydrogen-bond donors (Lipinski definition) is 1. The molecule has 3 rings (SSSR count). The third-order valence-corrected chi connectivity index (χ3v) is 6.56. The highest BCUT2D eigenvalue weighted by atomic mass is 32.2. The van der Waals surface area contributed by atoms with Crippen LogP contribution in [0.1, 0.15) is 58.5 Å². The molecule has 0 aliphatic rings. The molecule has 0 spiro atoms. The predicted molar refractivity (Wildman–Crippen MR) is 126 cm³/mol. The molecule has 0 bridgehead atoms. The van der Waals surface area contributed by atoms with Gasteiger partial charge in [0.15, 0.2) is 10.2 Å². The summed E-state index contributed by atoms with van der Waals surface area (Å²) < 4.78 is 8.09. The quantitative estimate of drug-likeness (QED) is 0.441. The number of alkyl carbamates (subject to hydrolysis) is 1. The van der Waals surface area contributed by atoms with Crippen LogP contribution in [-0.4, -0.2) is 37.3 Å². The zero-order valence-corrected chi connectivity index (χ0v) is 20.2. The molecular formula is C22H29N5O2S2. The molecule has 2 heterocycles. The smallest absolute Gasteiger partial charge is 0.408 e.